The van der Waals surface area contributed by atoms with Crippen LogP contribution < -0.4 is 5.73 Å². The summed E-state index contributed by atoms with van der Waals surface area (Å²) < 4.78 is 1.90. The predicted molar refractivity (Wildman–Crippen MR) is 83.3 cm³/mol. The van der Waals surface area contributed by atoms with Gasteiger partial charge in [0.15, 0.2) is 0 Å². The first-order valence-corrected chi connectivity index (χ1v) is 7.09. The van der Waals surface area contributed by atoms with Gasteiger partial charge in [-0.05, 0) is 47.5 Å². The molecule has 0 bridgehead atoms. The average Bonchev–Trinajstić information content (AvgIpc) is 2.37. The van der Waals surface area contributed by atoms with Crippen LogP contribution in [-0.4, -0.2) is 6.08 Å². The van der Waals surface area contributed by atoms with E-state index in [4.69, 9.17) is 5.73 Å². The molecule has 2 aromatic carbocycles. The molecule has 0 unspecified atom stereocenters. The minimum Gasteiger partial charge on any atom is -0.398 e. The van der Waals surface area contributed by atoms with E-state index in [9.17, 15) is 4.79 Å². The van der Waals surface area contributed by atoms with Gasteiger partial charge in [-0.2, -0.15) is 4.99 Å². The summed E-state index contributed by atoms with van der Waals surface area (Å²) in [6, 6.07) is 11.2. The van der Waals surface area contributed by atoms with Crippen LogP contribution >= 0.6 is 31.9 Å². The van der Waals surface area contributed by atoms with E-state index in [1.165, 1.54) is 0 Å². The second-order valence-corrected chi connectivity index (χ2v) is 5.83. The first-order chi connectivity index (χ1) is 9.10. The molecule has 5 heteroatoms. The summed E-state index contributed by atoms with van der Waals surface area (Å²) >= 11 is 6.84. The van der Waals surface area contributed by atoms with Crippen LogP contribution in [0.15, 0.2) is 50.3 Å². The first-order valence-electron chi connectivity index (χ1n) is 5.50. The molecule has 0 aromatic heterocycles. The Hall–Kier alpha value is -1.42. The molecule has 2 rings (SSSR count). The van der Waals surface area contributed by atoms with Crippen LogP contribution in [-0.2, 0) is 11.2 Å². The zero-order valence-corrected chi connectivity index (χ0v) is 13.0. The summed E-state index contributed by atoms with van der Waals surface area (Å²) in [6.45, 7) is 0. The van der Waals surface area contributed by atoms with E-state index in [1.807, 2.05) is 30.3 Å². The Bertz CT molecular complexity index is 664. The lowest BCUT2D eigenvalue weighted by Gasteiger charge is -2.09. The second-order valence-electron chi connectivity index (χ2n) is 4.00. The molecular weight excluding hydrogens is 372 g/mol. The molecule has 0 aliphatic rings. The lowest BCUT2D eigenvalue weighted by Crippen LogP contribution is -1.96. The van der Waals surface area contributed by atoms with E-state index in [0.717, 1.165) is 20.1 Å². The van der Waals surface area contributed by atoms with Crippen molar-refractivity contribution in [3.63, 3.8) is 0 Å². The molecule has 0 amide bonds. The molecule has 0 atom stereocenters. The molecule has 96 valence electrons. The van der Waals surface area contributed by atoms with Crippen molar-refractivity contribution >= 4 is 49.3 Å². The Morgan fingerprint density at radius 2 is 1.68 bits per heavy atom. The number of carbonyl (C=O) groups excluding carboxylic acids is 1. The van der Waals surface area contributed by atoms with Crippen molar-refractivity contribution in [2.45, 2.75) is 6.42 Å². The maximum absolute atomic E-state index is 10.4. The lowest BCUT2D eigenvalue weighted by molar-refractivity contribution is 0.565. The monoisotopic (exact) mass is 380 g/mol. The maximum Gasteiger partial charge on any atom is 0.240 e. The van der Waals surface area contributed by atoms with Crippen LogP contribution in [0.3, 0.4) is 0 Å². The van der Waals surface area contributed by atoms with Crippen molar-refractivity contribution < 1.29 is 4.79 Å². The number of aliphatic imine (C=N–C) groups is 1. The third-order valence-electron chi connectivity index (χ3n) is 2.69. The number of hydrogen-bond acceptors (Lipinski definition) is 3. The summed E-state index contributed by atoms with van der Waals surface area (Å²) in [5.41, 5.74) is 9.18. The van der Waals surface area contributed by atoms with Crippen molar-refractivity contribution in [3.05, 3.63) is 56.5 Å². The molecule has 0 saturated heterocycles. The predicted octanol–water partition coefficient (Wildman–Crippen LogP) is 4.35. The Balaban J connectivity index is 2.44. The van der Waals surface area contributed by atoms with Crippen molar-refractivity contribution in [2.75, 3.05) is 5.73 Å². The Labute approximate surface area is 127 Å². The fourth-order valence-corrected chi connectivity index (χ4v) is 2.60. The topological polar surface area (TPSA) is 55.4 Å². The van der Waals surface area contributed by atoms with Crippen molar-refractivity contribution in [1.82, 2.24) is 0 Å². The van der Waals surface area contributed by atoms with Gasteiger partial charge >= 0.3 is 0 Å². The summed E-state index contributed by atoms with van der Waals surface area (Å²) in [5.74, 6) is 0. The van der Waals surface area contributed by atoms with E-state index in [1.54, 1.807) is 12.1 Å². The van der Waals surface area contributed by atoms with Crippen LogP contribution in [0.2, 0.25) is 0 Å². The number of halogens is 2. The minimum absolute atomic E-state index is 0.602. The van der Waals surface area contributed by atoms with E-state index in [2.05, 4.69) is 36.9 Å². The van der Waals surface area contributed by atoms with Gasteiger partial charge in [-0.15, -0.1) is 0 Å². The number of isocyanates is 1. The Kier molecular flexibility index (Phi) is 4.53. The molecule has 19 heavy (non-hydrogen) atoms. The third kappa shape index (κ3) is 3.53. The lowest BCUT2D eigenvalue weighted by atomic mass is 10.0. The molecule has 0 spiro atoms. The summed E-state index contributed by atoms with van der Waals surface area (Å²) in [7, 11) is 0. The van der Waals surface area contributed by atoms with Crippen LogP contribution in [0.5, 0.6) is 0 Å². The molecular formula is C14H10Br2N2O. The van der Waals surface area contributed by atoms with Crippen LogP contribution in [0.25, 0.3) is 0 Å². The molecule has 0 saturated carbocycles. The van der Waals surface area contributed by atoms with Crippen molar-refractivity contribution in [1.29, 1.82) is 0 Å². The fourth-order valence-electron chi connectivity index (χ4n) is 1.79. The zero-order valence-electron chi connectivity index (χ0n) is 9.86. The van der Waals surface area contributed by atoms with Gasteiger partial charge in [-0.3, -0.25) is 0 Å². The number of nitrogen functional groups attached to an aromatic ring is 1. The van der Waals surface area contributed by atoms with Gasteiger partial charge in [0, 0.05) is 21.1 Å². The highest BCUT2D eigenvalue weighted by Gasteiger charge is 2.07. The van der Waals surface area contributed by atoms with E-state index in [-0.39, 0.29) is 0 Å². The Morgan fingerprint density at radius 3 is 2.37 bits per heavy atom. The number of nitrogens with zero attached hydrogens (tertiary/aromatic N) is 1. The molecule has 3 nitrogen and oxygen atoms in total. The van der Waals surface area contributed by atoms with E-state index >= 15 is 0 Å². The van der Waals surface area contributed by atoms with Crippen molar-refractivity contribution in [3.8, 4) is 0 Å². The van der Waals surface area contributed by atoms with Gasteiger partial charge < -0.3 is 5.73 Å². The zero-order chi connectivity index (χ0) is 13.8. The highest BCUT2D eigenvalue weighted by atomic mass is 79.9. The molecule has 2 aromatic rings. The largest absolute Gasteiger partial charge is 0.398 e. The van der Waals surface area contributed by atoms with Gasteiger partial charge in [0.1, 0.15) is 0 Å². The van der Waals surface area contributed by atoms with Crippen LogP contribution in [0, 0.1) is 0 Å². The summed E-state index contributed by atoms with van der Waals surface area (Å²) in [6.07, 6.45) is 2.18. The minimum atomic E-state index is 0.602. The van der Waals surface area contributed by atoms with Crippen LogP contribution in [0.1, 0.15) is 11.1 Å². The number of hydrogen-bond donors (Lipinski definition) is 1. The smallest absolute Gasteiger partial charge is 0.240 e. The SMILES string of the molecule is Nc1ccc(Br)cc1Cc1cc(Br)ccc1N=C=O. The molecule has 0 fully saturated rings. The third-order valence-corrected chi connectivity index (χ3v) is 3.68. The summed E-state index contributed by atoms with van der Waals surface area (Å²) in [5, 5.41) is 0. The standard InChI is InChI=1S/C14H10Br2N2O/c15-11-1-3-13(17)9(6-11)5-10-7-12(16)2-4-14(10)18-8-19/h1-4,6-7H,5,17H2. The Morgan fingerprint density at radius 1 is 1.05 bits per heavy atom. The molecule has 0 aliphatic heterocycles. The van der Waals surface area contributed by atoms with Gasteiger partial charge in [0.2, 0.25) is 6.08 Å². The molecule has 0 heterocycles. The first kappa shape index (κ1) is 14.0. The number of anilines is 1. The molecule has 0 radical (unpaired) electrons. The summed E-state index contributed by atoms with van der Waals surface area (Å²) in [4.78, 5) is 14.2. The van der Waals surface area contributed by atoms with E-state index < -0.39 is 0 Å². The molecule has 2 N–H and O–H groups in total. The van der Waals surface area contributed by atoms with Gasteiger partial charge in [-0.1, -0.05) is 31.9 Å². The van der Waals surface area contributed by atoms with Gasteiger partial charge in [0.25, 0.3) is 0 Å². The van der Waals surface area contributed by atoms with E-state index in [0.29, 0.717) is 17.8 Å². The quantitative estimate of drug-likeness (QED) is 0.488. The van der Waals surface area contributed by atoms with Crippen molar-refractivity contribution in [2.24, 2.45) is 4.99 Å². The average molecular weight is 382 g/mol. The number of nitrogens with two attached hydrogens (primary N) is 1. The normalized spacial score (nSPS) is 10.0. The van der Waals surface area contributed by atoms with Gasteiger partial charge in [-0.25, -0.2) is 4.79 Å². The number of benzene rings is 2. The van der Waals surface area contributed by atoms with Crippen LogP contribution in [0.4, 0.5) is 11.4 Å². The van der Waals surface area contributed by atoms with Gasteiger partial charge in [0.05, 0.1) is 5.69 Å². The maximum atomic E-state index is 10.4. The highest BCUT2D eigenvalue weighted by Crippen LogP contribution is 2.28. The fraction of sp³-hybridized carbons (Fsp3) is 0.0714. The second kappa shape index (κ2) is 6.15. The highest BCUT2D eigenvalue weighted by molar-refractivity contribution is 9.10. The molecule has 0 aliphatic carbocycles. The number of rotatable bonds is 3.